The Morgan fingerprint density at radius 2 is 2.00 bits per heavy atom. The summed E-state index contributed by atoms with van der Waals surface area (Å²) in [6.45, 7) is 5.13. The Balaban J connectivity index is 2.59. The molecule has 0 bridgehead atoms. The van der Waals surface area contributed by atoms with Gasteiger partial charge in [-0.05, 0) is 37.5 Å². The highest BCUT2D eigenvalue weighted by Crippen LogP contribution is 2.20. The third kappa shape index (κ3) is 5.71. The van der Waals surface area contributed by atoms with E-state index in [9.17, 15) is 15.3 Å². The van der Waals surface area contributed by atoms with Crippen LogP contribution in [0.1, 0.15) is 25.3 Å². The Morgan fingerprint density at radius 1 is 1.29 bits per heavy atom. The summed E-state index contributed by atoms with van der Waals surface area (Å²) in [5.41, 5.74) is 1.96. The molecule has 0 heterocycles. The molecule has 0 radical (unpaired) electrons. The number of aliphatic hydroxyl groups excluding tert-OH is 3. The molecular weight excluding hydrogens is 268 g/mol. The highest BCUT2D eigenvalue weighted by molar-refractivity contribution is 5.54. The van der Waals surface area contributed by atoms with Gasteiger partial charge in [-0.3, -0.25) is 0 Å². The standard InChI is InChI=1S/C17H24O4/c1-3-15(17(21)11-18)16(20)8-7-12(2)9-13-5-4-6-14(19)10-13/h3-6,9-10,15-21H,1,7-8,11H2,2H3/b12-9+/t15-,16-,17-/m1/s1. The van der Waals surface area contributed by atoms with Crippen LogP contribution in [0.15, 0.2) is 42.5 Å². The molecule has 4 heteroatoms. The molecule has 0 aliphatic rings. The molecule has 0 aliphatic heterocycles. The quantitative estimate of drug-likeness (QED) is 0.553. The summed E-state index contributed by atoms with van der Waals surface area (Å²) < 4.78 is 0. The smallest absolute Gasteiger partial charge is 0.116 e. The summed E-state index contributed by atoms with van der Waals surface area (Å²) in [7, 11) is 0. The van der Waals surface area contributed by atoms with E-state index in [1.807, 2.05) is 19.1 Å². The van der Waals surface area contributed by atoms with Gasteiger partial charge in [-0.2, -0.15) is 0 Å². The summed E-state index contributed by atoms with van der Waals surface area (Å²) in [4.78, 5) is 0. The summed E-state index contributed by atoms with van der Waals surface area (Å²) in [5, 5.41) is 38.0. The minimum absolute atomic E-state index is 0.217. The van der Waals surface area contributed by atoms with Crippen LogP contribution in [0.4, 0.5) is 0 Å². The van der Waals surface area contributed by atoms with Gasteiger partial charge in [-0.1, -0.05) is 29.9 Å². The Morgan fingerprint density at radius 3 is 2.57 bits per heavy atom. The molecule has 0 aliphatic carbocycles. The van der Waals surface area contributed by atoms with Crippen molar-refractivity contribution in [1.29, 1.82) is 0 Å². The van der Waals surface area contributed by atoms with Gasteiger partial charge >= 0.3 is 0 Å². The third-order valence-electron chi connectivity index (χ3n) is 3.47. The fourth-order valence-electron chi connectivity index (χ4n) is 2.23. The molecule has 1 aromatic carbocycles. The van der Waals surface area contributed by atoms with E-state index in [-0.39, 0.29) is 5.75 Å². The van der Waals surface area contributed by atoms with Crippen LogP contribution >= 0.6 is 0 Å². The maximum atomic E-state index is 10.1. The number of rotatable bonds is 8. The van der Waals surface area contributed by atoms with Crippen LogP contribution in [-0.4, -0.2) is 39.2 Å². The Bertz CT molecular complexity index is 481. The molecule has 1 rings (SSSR count). The zero-order valence-corrected chi connectivity index (χ0v) is 12.3. The number of phenolic OH excluding ortho intramolecular Hbond substituents is 1. The third-order valence-corrected chi connectivity index (χ3v) is 3.47. The summed E-state index contributed by atoms with van der Waals surface area (Å²) in [6, 6.07) is 6.94. The van der Waals surface area contributed by atoms with Gasteiger partial charge in [0.25, 0.3) is 0 Å². The van der Waals surface area contributed by atoms with Gasteiger partial charge in [-0.25, -0.2) is 0 Å². The lowest BCUT2D eigenvalue weighted by atomic mass is 9.92. The first-order valence-corrected chi connectivity index (χ1v) is 7.03. The fraction of sp³-hybridized carbons (Fsp3) is 0.412. The number of allylic oxidation sites excluding steroid dienone is 1. The summed E-state index contributed by atoms with van der Waals surface area (Å²) >= 11 is 0. The van der Waals surface area contributed by atoms with Crippen molar-refractivity contribution in [3.63, 3.8) is 0 Å². The molecule has 0 aromatic heterocycles. The highest BCUT2D eigenvalue weighted by atomic mass is 16.3. The van der Waals surface area contributed by atoms with Crippen molar-refractivity contribution in [1.82, 2.24) is 0 Å². The van der Waals surface area contributed by atoms with Crippen LogP contribution < -0.4 is 0 Å². The summed E-state index contributed by atoms with van der Waals surface area (Å²) in [5.74, 6) is -0.321. The number of aliphatic hydroxyl groups is 3. The molecule has 0 spiro atoms. The molecule has 0 saturated heterocycles. The molecule has 0 fully saturated rings. The topological polar surface area (TPSA) is 80.9 Å². The monoisotopic (exact) mass is 292 g/mol. The van der Waals surface area contributed by atoms with Gasteiger partial charge in [0, 0.05) is 5.92 Å². The van der Waals surface area contributed by atoms with Crippen LogP contribution in [0.2, 0.25) is 0 Å². The van der Waals surface area contributed by atoms with Gasteiger partial charge in [0.1, 0.15) is 5.75 Å². The van der Waals surface area contributed by atoms with Crippen molar-refractivity contribution in [3.05, 3.63) is 48.1 Å². The van der Waals surface area contributed by atoms with Crippen molar-refractivity contribution in [2.24, 2.45) is 5.92 Å². The Labute approximate surface area is 125 Å². The fourth-order valence-corrected chi connectivity index (χ4v) is 2.23. The van der Waals surface area contributed by atoms with Crippen LogP contribution in [0.5, 0.6) is 5.75 Å². The van der Waals surface area contributed by atoms with Gasteiger partial charge in [-0.15, -0.1) is 6.58 Å². The number of phenols is 1. The molecule has 0 amide bonds. The van der Waals surface area contributed by atoms with Crippen molar-refractivity contribution in [2.45, 2.75) is 32.0 Å². The maximum absolute atomic E-state index is 10.1. The normalized spacial score (nSPS) is 16.3. The molecular formula is C17H24O4. The molecule has 116 valence electrons. The van der Waals surface area contributed by atoms with Crippen LogP contribution in [0.3, 0.4) is 0 Å². The van der Waals surface area contributed by atoms with Crippen molar-refractivity contribution < 1.29 is 20.4 Å². The van der Waals surface area contributed by atoms with Crippen molar-refractivity contribution in [3.8, 4) is 5.75 Å². The first kappa shape index (κ1) is 17.4. The summed E-state index contributed by atoms with van der Waals surface area (Å²) in [6.07, 6.45) is 2.79. The average molecular weight is 292 g/mol. The second-order valence-corrected chi connectivity index (χ2v) is 5.25. The second-order valence-electron chi connectivity index (χ2n) is 5.25. The average Bonchev–Trinajstić information content (AvgIpc) is 2.45. The van der Waals surface area contributed by atoms with E-state index in [0.717, 1.165) is 11.1 Å². The van der Waals surface area contributed by atoms with Crippen molar-refractivity contribution >= 4 is 6.08 Å². The molecule has 3 atom stereocenters. The zero-order chi connectivity index (χ0) is 15.8. The van der Waals surface area contributed by atoms with Gasteiger partial charge in [0.2, 0.25) is 0 Å². The molecule has 4 nitrogen and oxygen atoms in total. The maximum Gasteiger partial charge on any atom is 0.116 e. The molecule has 4 N–H and O–H groups in total. The van der Waals surface area contributed by atoms with Crippen LogP contribution in [-0.2, 0) is 0 Å². The SMILES string of the molecule is C=C[C@@H]([C@H](O)CO)[C@H](O)CC/C(C)=C/c1cccc(O)c1. The number of benzene rings is 1. The van der Waals surface area contributed by atoms with Gasteiger partial charge in [0.15, 0.2) is 0 Å². The van der Waals surface area contributed by atoms with Gasteiger partial charge < -0.3 is 20.4 Å². The zero-order valence-electron chi connectivity index (χ0n) is 12.3. The van der Waals surface area contributed by atoms with Gasteiger partial charge in [0.05, 0.1) is 18.8 Å². The minimum atomic E-state index is -0.993. The van der Waals surface area contributed by atoms with E-state index in [4.69, 9.17) is 5.11 Å². The molecule has 0 unspecified atom stereocenters. The van der Waals surface area contributed by atoms with E-state index in [0.29, 0.717) is 12.8 Å². The second kappa shape index (κ2) is 8.62. The number of aromatic hydroxyl groups is 1. The van der Waals surface area contributed by atoms with E-state index in [1.54, 1.807) is 18.2 Å². The molecule has 0 saturated carbocycles. The number of hydrogen-bond donors (Lipinski definition) is 4. The number of hydrogen-bond acceptors (Lipinski definition) is 4. The predicted octanol–water partition coefficient (Wildman–Crippen LogP) is 2.09. The first-order valence-electron chi connectivity index (χ1n) is 7.03. The Kier molecular flexibility index (Phi) is 7.15. The van der Waals surface area contributed by atoms with E-state index >= 15 is 0 Å². The molecule has 1 aromatic rings. The van der Waals surface area contributed by atoms with Crippen molar-refractivity contribution in [2.75, 3.05) is 6.61 Å². The van der Waals surface area contributed by atoms with E-state index in [2.05, 4.69) is 6.58 Å². The van der Waals surface area contributed by atoms with Crippen LogP contribution in [0.25, 0.3) is 6.08 Å². The van der Waals surface area contributed by atoms with Crippen LogP contribution in [0, 0.1) is 5.92 Å². The molecule has 21 heavy (non-hydrogen) atoms. The first-order chi connectivity index (χ1) is 9.97. The van der Waals surface area contributed by atoms with E-state index in [1.165, 1.54) is 6.08 Å². The lowest BCUT2D eigenvalue weighted by Gasteiger charge is -2.23. The Hall–Kier alpha value is -1.62. The van der Waals surface area contributed by atoms with E-state index < -0.39 is 24.7 Å². The minimum Gasteiger partial charge on any atom is -0.508 e. The lowest BCUT2D eigenvalue weighted by Crippen LogP contribution is -2.32. The lowest BCUT2D eigenvalue weighted by molar-refractivity contribution is 0.00215. The largest absolute Gasteiger partial charge is 0.508 e. The predicted molar refractivity (Wildman–Crippen MR) is 83.8 cm³/mol. The highest BCUT2D eigenvalue weighted by Gasteiger charge is 2.23.